The first-order valence-corrected chi connectivity index (χ1v) is 5.71. The zero-order valence-corrected chi connectivity index (χ0v) is 10.4. The Morgan fingerprint density at radius 3 is 2.56 bits per heavy atom. The number of hydrogen-bond acceptors (Lipinski definition) is 3. The molecule has 1 unspecified atom stereocenters. The van der Waals surface area contributed by atoms with Crippen molar-refractivity contribution >= 4 is 0 Å². The topological polar surface area (TPSA) is 55.1 Å². The Morgan fingerprint density at radius 2 is 2.06 bits per heavy atom. The summed E-state index contributed by atoms with van der Waals surface area (Å²) < 4.78 is 1.61. The molecule has 1 aromatic heterocycles. The van der Waals surface area contributed by atoms with Crippen molar-refractivity contribution in [2.45, 2.75) is 46.6 Å². The summed E-state index contributed by atoms with van der Waals surface area (Å²) in [6, 6.07) is 0. The summed E-state index contributed by atoms with van der Waals surface area (Å²) in [7, 11) is 0. The van der Waals surface area contributed by atoms with Crippen LogP contribution in [0.25, 0.3) is 0 Å². The minimum absolute atomic E-state index is 0.0237. The Kier molecular flexibility index (Phi) is 4.24. The van der Waals surface area contributed by atoms with Gasteiger partial charge in [0.15, 0.2) is 0 Å². The molecular weight excluding hydrogens is 204 g/mol. The number of aryl methyl sites for hydroxylation is 1. The van der Waals surface area contributed by atoms with Gasteiger partial charge in [-0.05, 0) is 20.3 Å². The Balaban J connectivity index is 3.38. The Morgan fingerprint density at radius 1 is 1.44 bits per heavy atom. The highest BCUT2D eigenvalue weighted by Crippen LogP contribution is 2.14. The number of aromatic nitrogens is 2. The first-order valence-electron chi connectivity index (χ1n) is 5.71. The molecule has 0 aliphatic heterocycles. The first-order chi connectivity index (χ1) is 7.52. The third-order valence-corrected chi connectivity index (χ3v) is 3.08. The quantitative estimate of drug-likeness (QED) is 0.840. The molecule has 0 aliphatic rings. The number of rotatable bonds is 4. The van der Waals surface area contributed by atoms with Gasteiger partial charge in [-0.15, -0.1) is 0 Å². The fraction of sp³-hybridized carbons (Fsp3) is 0.667. The summed E-state index contributed by atoms with van der Waals surface area (Å²) >= 11 is 0. The third kappa shape index (κ3) is 2.32. The van der Waals surface area contributed by atoms with Gasteiger partial charge in [-0.25, -0.2) is 0 Å². The third-order valence-electron chi connectivity index (χ3n) is 3.08. The van der Waals surface area contributed by atoms with Gasteiger partial charge in [0.05, 0.1) is 12.3 Å². The van der Waals surface area contributed by atoms with Crippen LogP contribution in [0.15, 0.2) is 4.79 Å². The van der Waals surface area contributed by atoms with E-state index in [-0.39, 0.29) is 18.1 Å². The Hall–Kier alpha value is -1.16. The second-order valence-electron chi connectivity index (χ2n) is 4.16. The van der Waals surface area contributed by atoms with Crippen LogP contribution in [0.1, 0.15) is 43.3 Å². The Bertz CT molecular complexity index is 424. The molecule has 4 nitrogen and oxygen atoms in total. The van der Waals surface area contributed by atoms with E-state index in [1.807, 2.05) is 27.7 Å². The highest BCUT2D eigenvalue weighted by molar-refractivity contribution is 5.15. The van der Waals surface area contributed by atoms with E-state index in [0.29, 0.717) is 12.2 Å². The molecule has 90 valence electrons. The van der Waals surface area contributed by atoms with Crippen LogP contribution in [0.5, 0.6) is 0 Å². The summed E-state index contributed by atoms with van der Waals surface area (Å²) in [6.07, 6.45) is 0.893. The monoisotopic (exact) mass is 224 g/mol. The van der Waals surface area contributed by atoms with E-state index in [4.69, 9.17) is 5.11 Å². The van der Waals surface area contributed by atoms with Crippen molar-refractivity contribution < 1.29 is 5.11 Å². The van der Waals surface area contributed by atoms with E-state index in [0.717, 1.165) is 17.8 Å². The zero-order valence-electron chi connectivity index (χ0n) is 10.4. The highest BCUT2D eigenvalue weighted by Gasteiger charge is 2.15. The molecule has 0 spiro atoms. The SMILES string of the molecule is CCC(C)c1nc(C)c(C)n(CCO)c1=O. The predicted octanol–water partition coefficient (Wildman–Crippen LogP) is 1.37. The molecule has 0 fully saturated rings. The van der Waals surface area contributed by atoms with Crippen LogP contribution in [-0.2, 0) is 6.54 Å². The molecule has 0 saturated carbocycles. The van der Waals surface area contributed by atoms with Gasteiger partial charge in [-0.1, -0.05) is 13.8 Å². The van der Waals surface area contributed by atoms with Crippen LogP contribution in [0, 0.1) is 13.8 Å². The van der Waals surface area contributed by atoms with Gasteiger partial charge < -0.3 is 9.67 Å². The van der Waals surface area contributed by atoms with Gasteiger partial charge in [0.25, 0.3) is 5.56 Å². The summed E-state index contributed by atoms with van der Waals surface area (Å²) in [5.41, 5.74) is 2.25. The molecule has 0 amide bonds. The minimum Gasteiger partial charge on any atom is -0.395 e. The van der Waals surface area contributed by atoms with E-state index in [9.17, 15) is 4.79 Å². The molecule has 0 saturated heterocycles. The predicted molar refractivity (Wildman–Crippen MR) is 63.8 cm³/mol. The lowest BCUT2D eigenvalue weighted by Gasteiger charge is -2.15. The second-order valence-corrected chi connectivity index (χ2v) is 4.16. The molecule has 4 heteroatoms. The van der Waals surface area contributed by atoms with Gasteiger partial charge in [-0.2, -0.15) is 0 Å². The fourth-order valence-electron chi connectivity index (χ4n) is 1.68. The number of aliphatic hydroxyl groups is 1. The second kappa shape index (κ2) is 5.25. The Labute approximate surface area is 96.0 Å². The van der Waals surface area contributed by atoms with Gasteiger partial charge in [0.2, 0.25) is 0 Å². The van der Waals surface area contributed by atoms with Crippen LogP contribution < -0.4 is 5.56 Å². The molecular formula is C12H20N2O2. The standard InChI is InChI=1S/C12H20N2O2/c1-5-8(2)11-12(16)14(6-7-15)10(4)9(3)13-11/h8,15H,5-7H2,1-4H3. The van der Waals surface area contributed by atoms with Crippen LogP contribution in [0.3, 0.4) is 0 Å². The average Bonchev–Trinajstić information content (AvgIpc) is 2.28. The van der Waals surface area contributed by atoms with Crippen molar-refractivity contribution in [2.24, 2.45) is 0 Å². The van der Waals surface area contributed by atoms with Gasteiger partial charge in [0, 0.05) is 18.2 Å². The molecule has 1 heterocycles. The van der Waals surface area contributed by atoms with Crippen LogP contribution in [-0.4, -0.2) is 21.3 Å². The molecule has 0 aliphatic carbocycles. The van der Waals surface area contributed by atoms with Crippen molar-refractivity contribution in [3.05, 3.63) is 27.4 Å². The lowest BCUT2D eigenvalue weighted by molar-refractivity contribution is 0.272. The maximum Gasteiger partial charge on any atom is 0.272 e. The average molecular weight is 224 g/mol. The minimum atomic E-state index is -0.0634. The maximum atomic E-state index is 12.1. The van der Waals surface area contributed by atoms with E-state index < -0.39 is 0 Å². The number of aliphatic hydroxyl groups excluding tert-OH is 1. The van der Waals surface area contributed by atoms with Crippen molar-refractivity contribution in [1.82, 2.24) is 9.55 Å². The van der Waals surface area contributed by atoms with Crippen molar-refractivity contribution in [3.63, 3.8) is 0 Å². The van der Waals surface area contributed by atoms with Crippen molar-refractivity contribution in [3.8, 4) is 0 Å². The maximum absolute atomic E-state index is 12.1. The normalized spacial score (nSPS) is 12.8. The summed E-state index contributed by atoms with van der Waals surface area (Å²) in [5.74, 6) is 0.164. The smallest absolute Gasteiger partial charge is 0.272 e. The van der Waals surface area contributed by atoms with Crippen LogP contribution in [0.4, 0.5) is 0 Å². The largest absolute Gasteiger partial charge is 0.395 e. The van der Waals surface area contributed by atoms with Crippen LogP contribution >= 0.6 is 0 Å². The van der Waals surface area contributed by atoms with Gasteiger partial charge in [-0.3, -0.25) is 9.78 Å². The van der Waals surface area contributed by atoms with E-state index >= 15 is 0 Å². The summed E-state index contributed by atoms with van der Waals surface area (Å²) in [6.45, 7) is 8.12. The molecule has 0 aromatic carbocycles. The molecule has 1 aromatic rings. The molecule has 1 atom stereocenters. The molecule has 16 heavy (non-hydrogen) atoms. The molecule has 0 radical (unpaired) electrons. The zero-order chi connectivity index (χ0) is 12.3. The summed E-state index contributed by atoms with van der Waals surface area (Å²) in [4.78, 5) is 16.5. The van der Waals surface area contributed by atoms with Crippen molar-refractivity contribution in [1.29, 1.82) is 0 Å². The summed E-state index contributed by atoms with van der Waals surface area (Å²) in [5, 5.41) is 8.97. The van der Waals surface area contributed by atoms with E-state index in [2.05, 4.69) is 4.98 Å². The molecule has 1 rings (SSSR count). The fourth-order valence-corrected chi connectivity index (χ4v) is 1.68. The molecule has 0 bridgehead atoms. The number of nitrogens with zero attached hydrogens (tertiary/aromatic N) is 2. The van der Waals surface area contributed by atoms with E-state index in [1.54, 1.807) is 4.57 Å². The van der Waals surface area contributed by atoms with Gasteiger partial charge in [0.1, 0.15) is 5.69 Å². The first kappa shape index (κ1) is 12.9. The van der Waals surface area contributed by atoms with Crippen LogP contribution in [0.2, 0.25) is 0 Å². The van der Waals surface area contributed by atoms with Gasteiger partial charge >= 0.3 is 0 Å². The highest BCUT2D eigenvalue weighted by atomic mass is 16.3. The lowest BCUT2D eigenvalue weighted by atomic mass is 10.1. The number of hydrogen-bond donors (Lipinski definition) is 1. The molecule has 1 N–H and O–H groups in total. The van der Waals surface area contributed by atoms with Crippen molar-refractivity contribution in [2.75, 3.05) is 6.61 Å². The van der Waals surface area contributed by atoms with E-state index in [1.165, 1.54) is 0 Å². The lowest BCUT2D eigenvalue weighted by Crippen LogP contribution is -2.30.